The molecule has 182 valence electrons. The van der Waals surface area contributed by atoms with Crippen LogP contribution in [0.4, 0.5) is 0 Å². The van der Waals surface area contributed by atoms with E-state index in [-0.39, 0.29) is 0 Å². The summed E-state index contributed by atoms with van der Waals surface area (Å²) in [5.74, 6) is 0. The Balaban J connectivity index is 1.34. The van der Waals surface area contributed by atoms with E-state index in [1.54, 1.807) is 11.3 Å². The number of para-hydroxylation sites is 1. The third-order valence-electron chi connectivity index (χ3n) is 7.20. The predicted octanol–water partition coefficient (Wildman–Crippen LogP) is 8.94. The fraction of sp³-hybridized carbons (Fsp3) is 0. The van der Waals surface area contributed by atoms with E-state index in [2.05, 4.69) is 88.8 Å². The van der Waals surface area contributed by atoms with Gasteiger partial charge < -0.3 is 0 Å². The highest BCUT2D eigenvalue weighted by atomic mass is 32.1. The lowest BCUT2D eigenvalue weighted by atomic mass is 9.95. The molecule has 4 nitrogen and oxygen atoms in total. The average molecular weight is 517 g/mol. The number of thiazole rings is 1. The third kappa shape index (κ3) is 3.83. The van der Waals surface area contributed by atoms with Crippen molar-refractivity contribution in [1.29, 1.82) is 0 Å². The maximum atomic E-state index is 4.97. The van der Waals surface area contributed by atoms with Gasteiger partial charge in [0, 0.05) is 52.1 Å². The van der Waals surface area contributed by atoms with E-state index in [1.807, 2.05) is 43.0 Å². The van der Waals surface area contributed by atoms with Crippen molar-refractivity contribution in [2.24, 2.45) is 0 Å². The minimum atomic E-state index is 0.918. The summed E-state index contributed by atoms with van der Waals surface area (Å²) < 4.78 is 1.18. The van der Waals surface area contributed by atoms with Gasteiger partial charge in [-0.25, -0.2) is 4.98 Å². The molecule has 0 radical (unpaired) electrons. The first-order valence-electron chi connectivity index (χ1n) is 12.8. The number of nitrogens with zero attached hydrogens (tertiary/aromatic N) is 4. The molecule has 0 atom stereocenters. The smallest absolute Gasteiger partial charge is 0.124 e. The summed E-state index contributed by atoms with van der Waals surface area (Å²) in [7, 11) is 0. The first-order chi connectivity index (χ1) is 19.3. The second-order valence-corrected chi connectivity index (χ2v) is 10.7. The summed E-state index contributed by atoms with van der Waals surface area (Å²) in [4.78, 5) is 18.8. The van der Waals surface area contributed by atoms with Crippen molar-refractivity contribution < 1.29 is 0 Å². The van der Waals surface area contributed by atoms with E-state index in [0.717, 1.165) is 65.5 Å². The van der Waals surface area contributed by atoms with Gasteiger partial charge in [-0.15, -0.1) is 11.3 Å². The molecule has 0 aliphatic carbocycles. The molecule has 8 rings (SSSR count). The van der Waals surface area contributed by atoms with Crippen LogP contribution in [0.15, 0.2) is 122 Å². The standard InChI is InChI=1S/C34H20N4S/c1-2-6-31-30(5-1)38-34(39-31)27-17-25(23-9-7-21-11-13-35-19-28(21)14-23)16-26(18-27)29-15-24-10-8-22-4-3-12-36-32(22)33(24)37-20-29/h1-20H. The molecule has 4 aromatic carbocycles. The zero-order valence-electron chi connectivity index (χ0n) is 20.7. The van der Waals surface area contributed by atoms with Crippen LogP contribution in [-0.4, -0.2) is 19.9 Å². The molecule has 0 bridgehead atoms. The van der Waals surface area contributed by atoms with Crippen molar-refractivity contribution in [2.75, 3.05) is 0 Å². The van der Waals surface area contributed by atoms with Crippen LogP contribution in [-0.2, 0) is 0 Å². The summed E-state index contributed by atoms with van der Waals surface area (Å²) in [5.41, 5.74) is 8.39. The SMILES string of the molecule is c1cnc2c(c1)ccc1cc(-c3cc(-c4ccc5ccncc5c4)cc(-c4nc5ccccc5s4)c3)cnc12. The first kappa shape index (κ1) is 22.0. The molecule has 39 heavy (non-hydrogen) atoms. The molecular weight excluding hydrogens is 496 g/mol. The summed E-state index contributed by atoms with van der Waals surface area (Å²) in [6, 6.07) is 34.1. The molecule has 0 unspecified atom stereocenters. The maximum absolute atomic E-state index is 4.97. The van der Waals surface area contributed by atoms with Crippen molar-refractivity contribution in [1.82, 2.24) is 19.9 Å². The molecule has 4 heterocycles. The lowest BCUT2D eigenvalue weighted by Crippen LogP contribution is -1.89. The number of benzene rings is 4. The number of hydrogen-bond donors (Lipinski definition) is 0. The van der Waals surface area contributed by atoms with Crippen LogP contribution in [0.5, 0.6) is 0 Å². The highest BCUT2D eigenvalue weighted by Gasteiger charge is 2.13. The van der Waals surface area contributed by atoms with Gasteiger partial charge in [0.05, 0.1) is 21.3 Å². The molecule has 0 aliphatic heterocycles. The minimum Gasteiger partial charge on any atom is -0.264 e. The maximum Gasteiger partial charge on any atom is 0.124 e. The van der Waals surface area contributed by atoms with Gasteiger partial charge in [0.25, 0.3) is 0 Å². The second kappa shape index (κ2) is 8.79. The van der Waals surface area contributed by atoms with Gasteiger partial charge in [-0.1, -0.05) is 42.5 Å². The Labute approximate surface area is 228 Å². The molecule has 0 aliphatic rings. The fourth-order valence-electron chi connectivity index (χ4n) is 5.24. The Bertz CT molecular complexity index is 2170. The van der Waals surface area contributed by atoms with Crippen LogP contribution >= 0.6 is 11.3 Å². The van der Waals surface area contributed by atoms with Crippen molar-refractivity contribution in [3.63, 3.8) is 0 Å². The van der Waals surface area contributed by atoms with Gasteiger partial charge in [-0.3, -0.25) is 15.0 Å². The van der Waals surface area contributed by atoms with E-state index >= 15 is 0 Å². The number of pyridine rings is 3. The Morgan fingerprint density at radius 3 is 2.23 bits per heavy atom. The molecule has 5 heteroatoms. The third-order valence-corrected chi connectivity index (χ3v) is 8.29. The van der Waals surface area contributed by atoms with E-state index in [9.17, 15) is 0 Å². The van der Waals surface area contributed by atoms with Crippen LogP contribution in [0, 0.1) is 0 Å². The van der Waals surface area contributed by atoms with E-state index in [4.69, 9.17) is 9.97 Å². The van der Waals surface area contributed by atoms with Crippen LogP contribution in [0.25, 0.3) is 75.6 Å². The molecule has 8 aromatic rings. The molecule has 0 saturated carbocycles. The van der Waals surface area contributed by atoms with E-state index < -0.39 is 0 Å². The number of aromatic nitrogens is 4. The normalized spacial score (nSPS) is 11.6. The topological polar surface area (TPSA) is 51.6 Å². The van der Waals surface area contributed by atoms with Crippen molar-refractivity contribution >= 4 is 54.1 Å². The lowest BCUT2D eigenvalue weighted by Gasteiger charge is -2.11. The molecule has 4 aromatic heterocycles. The summed E-state index contributed by atoms with van der Waals surface area (Å²) >= 11 is 1.72. The van der Waals surface area contributed by atoms with Crippen LogP contribution in [0.2, 0.25) is 0 Å². The number of rotatable bonds is 3. The van der Waals surface area contributed by atoms with Gasteiger partial charge in [-0.2, -0.15) is 0 Å². The van der Waals surface area contributed by atoms with E-state index in [0.29, 0.717) is 0 Å². The lowest BCUT2D eigenvalue weighted by molar-refractivity contribution is 1.36. The van der Waals surface area contributed by atoms with Crippen LogP contribution < -0.4 is 0 Å². The zero-order chi connectivity index (χ0) is 25.8. The van der Waals surface area contributed by atoms with Gasteiger partial charge in [0.15, 0.2) is 0 Å². The Morgan fingerprint density at radius 1 is 0.487 bits per heavy atom. The van der Waals surface area contributed by atoms with Crippen molar-refractivity contribution in [3.05, 3.63) is 122 Å². The fourth-order valence-corrected chi connectivity index (χ4v) is 6.19. The predicted molar refractivity (Wildman–Crippen MR) is 162 cm³/mol. The Kier molecular flexibility index (Phi) is 4.96. The van der Waals surface area contributed by atoms with Crippen molar-refractivity contribution in [2.45, 2.75) is 0 Å². The highest BCUT2D eigenvalue weighted by molar-refractivity contribution is 7.21. The second-order valence-electron chi connectivity index (χ2n) is 9.66. The molecule has 0 saturated heterocycles. The number of hydrogen-bond acceptors (Lipinski definition) is 5. The molecule has 0 amide bonds. The molecule has 0 N–H and O–H groups in total. The average Bonchev–Trinajstić information content (AvgIpc) is 3.45. The highest BCUT2D eigenvalue weighted by Crippen LogP contribution is 2.37. The summed E-state index contributed by atoms with van der Waals surface area (Å²) in [6.07, 6.45) is 7.54. The Hall–Kier alpha value is -5.00. The monoisotopic (exact) mass is 516 g/mol. The zero-order valence-corrected chi connectivity index (χ0v) is 21.6. The number of fused-ring (bicyclic) bond motifs is 5. The van der Waals surface area contributed by atoms with Gasteiger partial charge in [-0.05, 0) is 76.7 Å². The van der Waals surface area contributed by atoms with Gasteiger partial charge in [0.1, 0.15) is 5.01 Å². The minimum absolute atomic E-state index is 0.918. The van der Waals surface area contributed by atoms with Crippen molar-refractivity contribution in [3.8, 4) is 32.8 Å². The summed E-state index contributed by atoms with van der Waals surface area (Å²) in [5, 5.41) is 5.47. The quantitative estimate of drug-likeness (QED) is 0.220. The molecule has 0 fully saturated rings. The Morgan fingerprint density at radius 2 is 1.28 bits per heavy atom. The first-order valence-corrected chi connectivity index (χ1v) is 13.6. The molecular formula is C34H20N4S. The largest absolute Gasteiger partial charge is 0.264 e. The van der Waals surface area contributed by atoms with Gasteiger partial charge >= 0.3 is 0 Å². The van der Waals surface area contributed by atoms with Crippen LogP contribution in [0.1, 0.15) is 0 Å². The molecule has 0 spiro atoms. The van der Waals surface area contributed by atoms with E-state index in [1.165, 1.54) is 10.1 Å². The van der Waals surface area contributed by atoms with Gasteiger partial charge in [0.2, 0.25) is 0 Å². The van der Waals surface area contributed by atoms with Crippen LogP contribution in [0.3, 0.4) is 0 Å². The summed E-state index contributed by atoms with van der Waals surface area (Å²) in [6.45, 7) is 0.